The van der Waals surface area contributed by atoms with Gasteiger partial charge in [-0.25, -0.2) is 9.69 Å². The van der Waals surface area contributed by atoms with Crippen molar-refractivity contribution in [2.24, 2.45) is 5.92 Å². The topological polar surface area (TPSA) is 93.1 Å². The molecule has 2 amide bonds. The fraction of sp³-hybridized carbons (Fsp3) is 0.750. The molecule has 0 bridgehead atoms. The molecule has 19 heavy (non-hydrogen) atoms. The zero-order valence-corrected chi connectivity index (χ0v) is 10.5. The summed E-state index contributed by atoms with van der Waals surface area (Å²) < 4.78 is 10.1. The fourth-order valence-corrected chi connectivity index (χ4v) is 2.36. The molecule has 0 spiro atoms. The van der Waals surface area contributed by atoms with Crippen LogP contribution in [0.5, 0.6) is 0 Å². The third-order valence-corrected chi connectivity index (χ3v) is 3.53. The van der Waals surface area contributed by atoms with E-state index < -0.39 is 18.0 Å². The second-order valence-electron chi connectivity index (χ2n) is 4.78. The summed E-state index contributed by atoms with van der Waals surface area (Å²) in [6, 6.07) is 0. The van der Waals surface area contributed by atoms with Crippen molar-refractivity contribution in [2.45, 2.75) is 31.8 Å². The molecule has 1 N–H and O–H groups in total. The van der Waals surface area contributed by atoms with Crippen molar-refractivity contribution in [2.75, 3.05) is 19.8 Å². The van der Waals surface area contributed by atoms with Crippen LogP contribution in [0.3, 0.4) is 0 Å². The van der Waals surface area contributed by atoms with Crippen LogP contribution in [-0.2, 0) is 19.1 Å². The van der Waals surface area contributed by atoms with Crippen LogP contribution < -0.4 is 0 Å². The largest absolute Gasteiger partial charge is 0.481 e. The van der Waals surface area contributed by atoms with E-state index in [0.29, 0.717) is 25.7 Å². The van der Waals surface area contributed by atoms with Gasteiger partial charge in [0.2, 0.25) is 0 Å². The van der Waals surface area contributed by atoms with Gasteiger partial charge < -0.3 is 14.6 Å². The number of carboxylic acid groups (broad SMARTS) is 1. The summed E-state index contributed by atoms with van der Waals surface area (Å²) in [7, 11) is 0. The lowest BCUT2D eigenvalue weighted by molar-refractivity contribution is -0.145. The molecule has 0 atom stereocenters. The van der Waals surface area contributed by atoms with Gasteiger partial charge in [0.1, 0.15) is 13.2 Å². The van der Waals surface area contributed by atoms with Crippen molar-refractivity contribution in [3.8, 4) is 0 Å². The third-order valence-electron chi connectivity index (χ3n) is 3.53. The minimum atomic E-state index is -0.769. The lowest BCUT2D eigenvalue weighted by atomic mass is 9.87. The Morgan fingerprint density at radius 2 is 2.00 bits per heavy atom. The summed E-state index contributed by atoms with van der Waals surface area (Å²) in [6.07, 6.45) is 1.69. The first kappa shape index (κ1) is 13.8. The van der Waals surface area contributed by atoms with Gasteiger partial charge in [-0.3, -0.25) is 9.59 Å². The number of hydrogen-bond acceptors (Lipinski definition) is 5. The van der Waals surface area contributed by atoms with E-state index in [0.717, 1.165) is 4.90 Å². The first-order valence-corrected chi connectivity index (χ1v) is 6.39. The van der Waals surface area contributed by atoms with Gasteiger partial charge in [-0.1, -0.05) is 0 Å². The summed E-state index contributed by atoms with van der Waals surface area (Å²) in [5.74, 6) is -1.47. The second-order valence-corrected chi connectivity index (χ2v) is 4.78. The Morgan fingerprint density at radius 1 is 1.32 bits per heavy atom. The Labute approximate surface area is 110 Å². The number of cyclic esters (lactones) is 1. The van der Waals surface area contributed by atoms with Crippen molar-refractivity contribution in [3.05, 3.63) is 0 Å². The molecule has 1 aliphatic carbocycles. The standard InChI is InChI=1S/C12H17NO6/c14-10(13-5-6-18-12(13)17)7-19-9-3-1-8(2-4-9)11(15)16/h8-9H,1-7H2,(H,15,16). The number of hydrogen-bond donors (Lipinski definition) is 1. The molecule has 1 saturated heterocycles. The van der Waals surface area contributed by atoms with Crippen LogP contribution in [0.4, 0.5) is 4.79 Å². The zero-order chi connectivity index (χ0) is 13.8. The van der Waals surface area contributed by atoms with Crippen molar-refractivity contribution < 1.29 is 29.0 Å². The minimum Gasteiger partial charge on any atom is -0.481 e. The maximum Gasteiger partial charge on any atom is 0.416 e. The second kappa shape index (κ2) is 6.01. The Morgan fingerprint density at radius 3 is 2.53 bits per heavy atom. The maximum atomic E-state index is 11.7. The number of carboxylic acids is 1. The van der Waals surface area contributed by atoms with E-state index in [9.17, 15) is 14.4 Å². The molecule has 1 heterocycles. The number of carbonyl (C=O) groups excluding carboxylic acids is 2. The molecular weight excluding hydrogens is 254 g/mol. The quantitative estimate of drug-likeness (QED) is 0.806. The van der Waals surface area contributed by atoms with E-state index in [4.69, 9.17) is 9.84 Å². The third kappa shape index (κ3) is 3.44. The van der Waals surface area contributed by atoms with Gasteiger partial charge in [0.15, 0.2) is 0 Å². The highest BCUT2D eigenvalue weighted by Crippen LogP contribution is 2.26. The fourth-order valence-electron chi connectivity index (χ4n) is 2.36. The van der Waals surface area contributed by atoms with Gasteiger partial charge in [-0.15, -0.1) is 0 Å². The molecule has 2 rings (SSSR count). The number of nitrogens with zero attached hydrogens (tertiary/aromatic N) is 1. The number of rotatable bonds is 4. The summed E-state index contributed by atoms with van der Waals surface area (Å²) >= 11 is 0. The van der Waals surface area contributed by atoms with Crippen LogP contribution >= 0.6 is 0 Å². The molecule has 7 heteroatoms. The number of carbonyl (C=O) groups is 3. The molecule has 0 radical (unpaired) electrons. The molecule has 106 valence electrons. The highest BCUT2D eigenvalue weighted by Gasteiger charge is 2.30. The molecule has 0 aromatic heterocycles. The highest BCUT2D eigenvalue weighted by molar-refractivity contribution is 5.93. The SMILES string of the molecule is O=C(O)C1CCC(OCC(=O)N2CCOC2=O)CC1. The molecule has 2 fully saturated rings. The normalized spacial score (nSPS) is 27.2. The van der Waals surface area contributed by atoms with Crippen LogP contribution in [0.1, 0.15) is 25.7 Å². The Hall–Kier alpha value is -1.63. The Bertz CT molecular complexity index is 374. The molecule has 1 aliphatic heterocycles. The smallest absolute Gasteiger partial charge is 0.416 e. The van der Waals surface area contributed by atoms with E-state index >= 15 is 0 Å². The van der Waals surface area contributed by atoms with Crippen molar-refractivity contribution in [1.82, 2.24) is 4.90 Å². The zero-order valence-electron chi connectivity index (χ0n) is 10.5. The van der Waals surface area contributed by atoms with Crippen LogP contribution in [-0.4, -0.2) is 53.8 Å². The van der Waals surface area contributed by atoms with Gasteiger partial charge in [-0.05, 0) is 25.7 Å². The minimum absolute atomic E-state index is 0.0989. The summed E-state index contributed by atoms with van der Waals surface area (Å²) in [5, 5.41) is 8.86. The van der Waals surface area contributed by atoms with E-state index in [1.54, 1.807) is 0 Å². The summed E-state index contributed by atoms with van der Waals surface area (Å²) in [6.45, 7) is 0.346. The van der Waals surface area contributed by atoms with E-state index in [2.05, 4.69) is 4.74 Å². The number of imide groups is 1. The van der Waals surface area contributed by atoms with Crippen LogP contribution in [0.25, 0.3) is 0 Å². The molecule has 1 saturated carbocycles. The molecule has 0 aromatic carbocycles. The molecular formula is C12H17NO6. The van der Waals surface area contributed by atoms with E-state index in [-0.39, 0.29) is 31.8 Å². The summed E-state index contributed by atoms with van der Waals surface area (Å²) in [4.78, 5) is 34.6. The van der Waals surface area contributed by atoms with Crippen LogP contribution in [0.15, 0.2) is 0 Å². The molecule has 0 unspecified atom stereocenters. The first-order chi connectivity index (χ1) is 9.08. The Balaban J connectivity index is 1.70. The van der Waals surface area contributed by atoms with Crippen molar-refractivity contribution in [3.63, 3.8) is 0 Å². The number of aliphatic carboxylic acids is 1. The monoisotopic (exact) mass is 271 g/mol. The predicted octanol–water partition coefficient (Wildman–Crippen LogP) is 0.625. The molecule has 0 aromatic rings. The Kier molecular flexibility index (Phi) is 4.36. The highest BCUT2D eigenvalue weighted by atomic mass is 16.6. The average molecular weight is 271 g/mol. The van der Waals surface area contributed by atoms with E-state index in [1.165, 1.54) is 0 Å². The van der Waals surface area contributed by atoms with Gasteiger partial charge in [0.05, 0.1) is 18.6 Å². The van der Waals surface area contributed by atoms with Crippen LogP contribution in [0.2, 0.25) is 0 Å². The van der Waals surface area contributed by atoms with Gasteiger partial charge in [0, 0.05) is 0 Å². The lowest BCUT2D eigenvalue weighted by Gasteiger charge is -2.26. The first-order valence-electron chi connectivity index (χ1n) is 6.39. The van der Waals surface area contributed by atoms with Crippen molar-refractivity contribution >= 4 is 18.0 Å². The van der Waals surface area contributed by atoms with Crippen molar-refractivity contribution in [1.29, 1.82) is 0 Å². The average Bonchev–Trinajstić information content (AvgIpc) is 2.83. The molecule has 2 aliphatic rings. The number of amides is 2. The molecule has 7 nitrogen and oxygen atoms in total. The van der Waals surface area contributed by atoms with Crippen LogP contribution in [0, 0.1) is 5.92 Å². The summed E-state index contributed by atoms with van der Waals surface area (Å²) in [5.41, 5.74) is 0. The number of ether oxygens (including phenoxy) is 2. The van der Waals surface area contributed by atoms with Gasteiger partial charge >= 0.3 is 12.1 Å². The lowest BCUT2D eigenvalue weighted by Crippen LogP contribution is -2.36. The van der Waals surface area contributed by atoms with E-state index in [1.807, 2.05) is 0 Å². The predicted molar refractivity (Wildman–Crippen MR) is 62.4 cm³/mol. The van der Waals surface area contributed by atoms with Gasteiger partial charge in [0.25, 0.3) is 5.91 Å². The maximum absolute atomic E-state index is 11.7. The van der Waals surface area contributed by atoms with Gasteiger partial charge in [-0.2, -0.15) is 0 Å².